The monoisotopic (exact) mass is 580 g/mol. The lowest BCUT2D eigenvalue weighted by Crippen LogP contribution is -2.30. The molecule has 0 atom stereocenters. The van der Waals surface area contributed by atoms with E-state index in [0.717, 1.165) is 11.4 Å². The Morgan fingerprint density at radius 2 is 0.952 bits per heavy atom. The zero-order chi connectivity index (χ0) is 30.1. The summed E-state index contributed by atoms with van der Waals surface area (Å²) in [6, 6.07) is 13.6. The maximum Gasteiger partial charge on any atom is 0.347 e. The van der Waals surface area contributed by atoms with Crippen LogP contribution in [0.4, 0.5) is 11.4 Å². The fraction of sp³-hybridized carbons (Fsp3) is 0.387. The zero-order valence-corrected chi connectivity index (χ0v) is 24.3. The highest BCUT2D eigenvalue weighted by Crippen LogP contribution is 2.25. The van der Waals surface area contributed by atoms with E-state index >= 15 is 0 Å². The first-order valence-corrected chi connectivity index (χ1v) is 13.6. The van der Waals surface area contributed by atoms with Gasteiger partial charge < -0.3 is 37.6 Å². The molecule has 0 aliphatic rings. The first-order chi connectivity index (χ1) is 20.4. The number of carbonyl (C=O) groups is 1. The van der Waals surface area contributed by atoms with E-state index in [0.29, 0.717) is 74.5 Å². The van der Waals surface area contributed by atoms with Crippen LogP contribution in [0.2, 0.25) is 0 Å². The second-order valence-electron chi connectivity index (χ2n) is 9.61. The molecule has 11 nitrogen and oxygen atoms in total. The van der Waals surface area contributed by atoms with Gasteiger partial charge in [-0.2, -0.15) is 0 Å². The van der Waals surface area contributed by atoms with Gasteiger partial charge in [0, 0.05) is 88.9 Å². The van der Waals surface area contributed by atoms with Gasteiger partial charge in [-0.05, 0) is 36.4 Å². The molecule has 0 bridgehead atoms. The van der Waals surface area contributed by atoms with Crippen LogP contribution in [0.1, 0.15) is 15.9 Å². The molecule has 0 spiro atoms. The summed E-state index contributed by atoms with van der Waals surface area (Å²) in [7, 11) is 6.51. The molecule has 0 amide bonds. The van der Waals surface area contributed by atoms with Gasteiger partial charge in [0.2, 0.25) is 5.78 Å². The van der Waals surface area contributed by atoms with Crippen LogP contribution in [0, 0.1) is 0 Å². The molecule has 2 heterocycles. The third-order valence-corrected chi connectivity index (χ3v) is 6.92. The minimum atomic E-state index is -0.841. The number of anilines is 2. The Kier molecular flexibility index (Phi) is 10.8. The number of methoxy groups -OCH3 is 4. The summed E-state index contributed by atoms with van der Waals surface area (Å²) in [5, 5.41) is 1.09. The van der Waals surface area contributed by atoms with Crippen LogP contribution in [-0.4, -0.2) is 86.8 Å². The minimum absolute atomic E-state index is 0.251. The van der Waals surface area contributed by atoms with E-state index in [9.17, 15) is 14.4 Å². The lowest BCUT2D eigenvalue weighted by molar-refractivity contribution is 0.103. The normalized spacial score (nSPS) is 11.3. The maximum absolute atomic E-state index is 13.4. The van der Waals surface area contributed by atoms with Gasteiger partial charge in [0.1, 0.15) is 22.3 Å². The van der Waals surface area contributed by atoms with Crippen molar-refractivity contribution in [3.63, 3.8) is 0 Å². The molecule has 0 saturated heterocycles. The number of carbonyl (C=O) groups excluding carboxylic acids is 1. The molecule has 11 heteroatoms. The van der Waals surface area contributed by atoms with Gasteiger partial charge in [0.05, 0.1) is 26.4 Å². The van der Waals surface area contributed by atoms with Crippen molar-refractivity contribution in [2.45, 2.75) is 0 Å². The summed E-state index contributed by atoms with van der Waals surface area (Å²) >= 11 is 0. The van der Waals surface area contributed by atoms with E-state index in [1.807, 2.05) is 21.9 Å². The Bertz CT molecular complexity index is 1490. The van der Waals surface area contributed by atoms with E-state index < -0.39 is 17.0 Å². The molecule has 0 aliphatic carbocycles. The second-order valence-corrected chi connectivity index (χ2v) is 9.61. The smallest absolute Gasteiger partial charge is 0.347 e. The highest BCUT2D eigenvalue weighted by atomic mass is 16.5. The number of ether oxygens (including phenoxy) is 4. The summed E-state index contributed by atoms with van der Waals surface area (Å²) in [6.07, 6.45) is 0. The lowest BCUT2D eigenvalue weighted by Gasteiger charge is -2.24. The van der Waals surface area contributed by atoms with Crippen LogP contribution in [0.3, 0.4) is 0 Å². The molecule has 42 heavy (non-hydrogen) atoms. The fourth-order valence-corrected chi connectivity index (χ4v) is 4.60. The number of hydrogen-bond acceptors (Lipinski definition) is 11. The number of ketones is 1. The highest BCUT2D eigenvalue weighted by Gasteiger charge is 2.21. The molecule has 0 saturated carbocycles. The van der Waals surface area contributed by atoms with Gasteiger partial charge in [0.25, 0.3) is 0 Å². The average molecular weight is 581 g/mol. The van der Waals surface area contributed by atoms with E-state index in [-0.39, 0.29) is 11.1 Å². The SMILES string of the molecule is COCCN(CCOC)c1ccc2cc(C(=O)c3cc4ccc(N(CCOC)CCOC)cc4oc3=O)c(=O)oc2c1. The van der Waals surface area contributed by atoms with Crippen LogP contribution in [0.5, 0.6) is 0 Å². The van der Waals surface area contributed by atoms with Crippen molar-refractivity contribution < 1.29 is 32.6 Å². The van der Waals surface area contributed by atoms with Crippen LogP contribution in [0.25, 0.3) is 21.9 Å². The maximum atomic E-state index is 13.4. The Hall–Kier alpha value is -4.03. The quantitative estimate of drug-likeness (QED) is 0.143. The largest absolute Gasteiger partial charge is 0.422 e. The number of benzene rings is 2. The molecule has 0 fully saturated rings. The number of rotatable bonds is 16. The van der Waals surface area contributed by atoms with E-state index in [1.54, 1.807) is 52.7 Å². The van der Waals surface area contributed by atoms with Gasteiger partial charge in [-0.25, -0.2) is 9.59 Å². The third kappa shape index (κ3) is 7.24. The second kappa shape index (κ2) is 14.7. The van der Waals surface area contributed by atoms with Crippen LogP contribution >= 0.6 is 0 Å². The van der Waals surface area contributed by atoms with Gasteiger partial charge in [-0.15, -0.1) is 0 Å². The first-order valence-electron chi connectivity index (χ1n) is 13.6. The average Bonchev–Trinajstić information content (AvgIpc) is 2.99. The molecule has 4 rings (SSSR count). The summed E-state index contributed by atoms with van der Waals surface area (Å²) in [5.74, 6) is -0.766. The minimum Gasteiger partial charge on any atom is -0.422 e. The van der Waals surface area contributed by atoms with E-state index in [2.05, 4.69) is 0 Å². The van der Waals surface area contributed by atoms with E-state index in [1.165, 1.54) is 12.1 Å². The van der Waals surface area contributed by atoms with Crippen molar-refractivity contribution in [1.29, 1.82) is 0 Å². The summed E-state index contributed by atoms with van der Waals surface area (Å²) in [4.78, 5) is 43.4. The predicted octanol–water partition coefficient (Wildman–Crippen LogP) is 3.33. The highest BCUT2D eigenvalue weighted by molar-refractivity contribution is 6.10. The van der Waals surface area contributed by atoms with Crippen molar-refractivity contribution in [1.82, 2.24) is 0 Å². The molecular formula is C31H36N2O9. The number of fused-ring (bicyclic) bond motifs is 2. The number of nitrogens with zero attached hydrogens (tertiary/aromatic N) is 2. The molecular weight excluding hydrogens is 544 g/mol. The Morgan fingerprint density at radius 3 is 1.29 bits per heavy atom. The molecule has 0 radical (unpaired) electrons. The Morgan fingerprint density at radius 1 is 0.595 bits per heavy atom. The topological polar surface area (TPSA) is 121 Å². The first kappa shape index (κ1) is 30.9. The summed E-state index contributed by atoms with van der Waals surface area (Å²) in [5.41, 5.74) is 0.0853. The van der Waals surface area contributed by atoms with Crippen molar-refractivity contribution in [2.24, 2.45) is 0 Å². The third-order valence-electron chi connectivity index (χ3n) is 6.92. The predicted molar refractivity (Wildman–Crippen MR) is 160 cm³/mol. The Balaban J connectivity index is 1.64. The summed E-state index contributed by atoms with van der Waals surface area (Å²) in [6.45, 7) is 4.49. The lowest BCUT2D eigenvalue weighted by atomic mass is 10.0. The van der Waals surface area contributed by atoms with Crippen LogP contribution in [-0.2, 0) is 18.9 Å². The standard InChI is InChI=1S/C31H36N2O9/c1-37-13-9-32(10-14-38-2)23-7-5-21-17-25(30(35)41-27(21)19-23)29(34)26-18-22-6-8-24(20-28(22)42-31(26)36)33(11-15-39-3)12-16-40-4/h5-8,17-20H,9-16H2,1-4H3. The van der Waals surface area contributed by atoms with Crippen molar-refractivity contribution in [2.75, 3.05) is 90.8 Å². The van der Waals surface area contributed by atoms with E-state index in [4.69, 9.17) is 27.8 Å². The number of hydrogen-bond donors (Lipinski definition) is 0. The Labute approximate surface area is 243 Å². The molecule has 0 N–H and O–H groups in total. The molecule has 4 aromatic rings. The summed E-state index contributed by atoms with van der Waals surface area (Å²) < 4.78 is 31.9. The van der Waals surface area contributed by atoms with Crippen LogP contribution < -0.4 is 21.1 Å². The molecule has 0 aliphatic heterocycles. The van der Waals surface area contributed by atoms with Crippen molar-refractivity contribution in [3.8, 4) is 0 Å². The zero-order valence-electron chi connectivity index (χ0n) is 24.3. The molecule has 0 unspecified atom stereocenters. The van der Waals surface area contributed by atoms with Crippen LogP contribution in [0.15, 0.2) is 67.0 Å². The van der Waals surface area contributed by atoms with Crippen molar-refractivity contribution in [3.05, 3.63) is 80.5 Å². The van der Waals surface area contributed by atoms with Gasteiger partial charge in [-0.3, -0.25) is 4.79 Å². The fourth-order valence-electron chi connectivity index (χ4n) is 4.60. The molecule has 2 aromatic carbocycles. The van der Waals surface area contributed by atoms with Gasteiger partial charge >= 0.3 is 11.3 Å². The van der Waals surface area contributed by atoms with Crippen molar-refractivity contribution >= 4 is 39.1 Å². The molecule has 224 valence electrons. The molecule has 2 aromatic heterocycles. The van der Waals surface area contributed by atoms with Gasteiger partial charge in [-0.1, -0.05) is 0 Å². The van der Waals surface area contributed by atoms with Gasteiger partial charge in [0.15, 0.2) is 0 Å².